The van der Waals surface area contributed by atoms with Gasteiger partial charge in [0.25, 0.3) is 10.0 Å². The van der Waals surface area contributed by atoms with E-state index in [1.165, 1.54) is 24.4 Å². The van der Waals surface area contributed by atoms with Crippen LogP contribution in [0, 0.1) is 0 Å². The van der Waals surface area contributed by atoms with Gasteiger partial charge in [0.05, 0.1) is 10.6 Å². The van der Waals surface area contributed by atoms with Crippen LogP contribution in [0.3, 0.4) is 0 Å². The minimum absolute atomic E-state index is 0.0632. The molecule has 0 spiro atoms. The molecular formula is C11H7Cl2N3O4S. The number of hydrogen-bond donors (Lipinski definition) is 2. The molecule has 1 aromatic heterocycles. The molecule has 0 fully saturated rings. The average molecular weight is 348 g/mol. The van der Waals surface area contributed by atoms with E-state index in [1.807, 2.05) is 0 Å². The van der Waals surface area contributed by atoms with Crippen molar-refractivity contribution in [2.24, 2.45) is 0 Å². The van der Waals surface area contributed by atoms with Gasteiger partial charge in [-0.15, -0.1) is 0 Å². The molecule has 1 aromatic carbocycles. The van der Waals surface area contributed by atoms with Gasteiger partial charge in [0, 0.05) is 6.20 Å². The summed E-state index contributed by atoms with van der Waals surface area (Å²) in [4.78, 5) is 17.8. The van der Waals surface area contributed by atoms with Gasteiger partial charge in [-0.05, 0) is 35.9 Å². The van der Waals surface area contributed by atoms with E-state index in [0.717, 1.165) is 6.07 Å². The minimum Gasteiger partial charge on any atom is -0.478 e. The summed E-state index contributed by atoms with van der Waals surface area (Å²) >= 11 is 11.4. The molecule has 110 valence electrons. The number of aromatic carboxylic acids is 1. The second-order valence-corrected chi connectivity index (χ2v) is 6.16. The number of sulfonamides is 1. The van der Waals surface area contributed by atoms with Gasteiger partial charge in [0.2, 0.25) is 5.28 Å². The molecule has 0 aliphatic heterocycles. The monoisotopic (exact) mass is 347 g/mol. The van der Waals surface area contributed by atoms with Crippen molar-refractivity contribution in [3.05, 3.63) is 46.3 Å². The van der Waals surface area contributed by atoms with Gasteiger partial charge in [0.1, 0.15) is 10.7 Å². The van der Waals surface area contributed by atoms with Gasteiger partial charge in [0.15, 0.2) is 0 Å². The van der Waals surface area contributed by atoms with E-state index in [-0.39, 0.29) is 26.6 Å². The Balaban J connectivity index is 2.44. The van der Waals surface area contributed by atoms with E-state index in [1.54, 1.807) is 0 Å². The van der Waals surface area contributed by atoms with Gasteiger partial charge < -0.3 is 5.11 Å². The van der Waals surface area contributed by atoms with Crippen LogP contribution in [0.1, 0.15) is 10.4 Å². The van der Waals surface area contributed by atoms with Gasteiger partial charge in [-0.3, -0.25) is 4.72 Å². The molecule has 2 rings (SSSR count). The molecule has 0 unspecified atom stereocenters. The Labute approximate surface area is 129 Å². The maximum atomic E-state index is 12.2. The van der Waals surface area contributed by atoms with Crippen LogP contribution in [-0.2, 0) is 10.0 Å². The van der Waals surface area contributed by atoms with Gasteiger partial charge in [-0.1, -0.05) is 11.6 Å². The number of aromatic nitrogens is 2. The second kappa shape index (κ2) is 5.84. The van der Waals surface area contributed by atoms with Crippen LogP contribution in [0.25, 0.3) is 0 Å². The smallest absolute Gasteiger partial charge is 0.335 e. The van der Waals surface area contributed by atoms with Crippen molar-refractivity contribution < 1.29 is 18.3 Å². The summed E-state index contributed by atoms with van der Waals surface area (Å²) in [5.74, 6) is -1.33. The summed E-state index contributed by atoms with van der Waals surface area (Å²) in [6, 6.07) is 4.63. The molecule has 2 N–H and O–H groups in total. The molecule has 0 amide bonds. The lowest BCUT2D eigenvalue weighted by atomic mass is 10.2. The van der Waals surface area contributed by atoms with Crippen LogP contribution in [-0.4, -0.2) is 29.5 Å². The molecule has 1 heterocycles. The average Bonchev–Trinajstić information content (AvgIpc) is 2.38. The fourth-order valence-electron chi connectivity index (χ4n) is 1.43. The first-order chi connectivity index (χ1) is 9.79. The van der Waals surface area contributed by atoms with Crippen molar-refractivity contribution in [3.63, 3.8) is 0 Å². The minimum atomic E-state index is -4.11. The molecule has 0 saturated carbocycles. The predicted octanol–water partition coefficient (Wildman–Crippen LogP) is 2.28. The van der Waals surface area contributed by atoms with E-state index in [4.69, 9.17) is 28.3 Å². The number of nitrogens with zero attached hydrogens (tertiary/aromatic N) is 2. The number of carboxylic acid groups (broad SMARTS) is 1. The second-order valence-electron chi connectivity index (χ2n) is 3.77. The zero-order valence-corrected chi connectivity index (χ0v) is 12.4. The van der Waals surface area contributed by atoms with E-state index in [9.17, 15) is 13.2 Å². The number of benzene rings is 1. The zero-order chi connectivity index (χ0) is 15.6. The van der Waals surface area contributed by atoms with Crippen molar-refractivity contribution in [2.45, 2.75) is 4.90 Å². The lowest BCUT2D eigenvalue weighted by molar-refractivity contribution is 0.0696. The van der Waals surface area contributed by atoms with Crippen molar-refractivity contribution in [1.29, 1.82) is 0 Å². The fraction of sp³-hybridized carbons (Fsp3) is 0. The summed E-state index contributed by atoms with van der Waals surface area (Å²) in [6.45, 7) is 0. The Bertz CT molecular complexity index is 811. The normalized spacial score (nSPS) is 11.1. The number of hydrogen-bond acceptors (Lipinski definition) is 5. The summed E-state index contributed by atoms with van der Waals surface area (Å²) in [7, 11) is -4.11. The summed E-state index contributed by atoms with van der Waals surface area (Å²) in [5.41, 5.74) is -0.208. The quantitative estimate of drug-likeness (QED) is 0.821. The Hall–Kier alpha value is -1.90. The molecule has 0 aliphatic rings. The number of nitrogens with one attached hydrogen (secondary N) is 1. The van der Waals surface area contributed by atoms with Crippen LogP contribution >= 0.6 is 23.2 Å². The highest BCUT2D eigenvalue weighted by Crippen LogP contribution is 2.24. The topological polar surface area (TPSA) is 109 Å². The number of rotatable bonds is 4. The SMILES string of the molecule is O=C(O)c1ccc(Cl)c(S(=O)(=O)Nc2ccnc(Cl)n2)c1. The van der Waals surface area contributed by atoms with E-state index < -0.39 is 16.0 Å². The predicted molar refractivity (Wildman–Crippen MR) is 76.3 cm³/mol. The summed E-state index contributed by atoms with van der Waals surface area (Å²) in [5, 5.41) is 8.64. The first kappa shape index (κ1) is 15.5. The van der Waals surface area contributed by atoms with E-state index in [0.29, 0.717) is 0 Å². The van der Waals surface area contributed by atoms with E-state index in [2.05, 4.69) is 14.7 Å². The largest absolute Gasteiger partial charge is 0.478 e. The third-order valence-electron chi connectivity index (χ3n) is 2.33. The number of carboxylic acids is 1. The lowest BCUT2D eigenvalue weighted by Gasteiger charge is -2.09. The standard InChI is InChI=1S/C11H7Cl2N3O4S/c12-7-2-1-6(10(17)18)5-8(7)21(19,20)16-9-3-4-14-11(13)15-9/h1-5H,(H,17,18)(H,14,15,16). The highest BCUT2D eigenvalue weighted by Gasteiger charge is 2.20. The van der Waals surface area contributed by atoms with Crippen LogP contribution in [0.4, 0.5) is 5.82 Å². The Morgan fingerprint density at radius 1 is 1.24 bits per heavy atom. The molecule has 0 saturated heterocycles. The Kier molecular flexibility index (Phi) is 4.31. The molecule has 0 radical (unpaired) electrons. The van der Waals surface area contributed by atoms with Gasteiger partial charge >= 0.3 is 5.97 Å². The molecule has 0 atom stereocenters. The maximum Gasteiger partial charge on any atom is 0.335 e. The molecule has 21 heavy (non-hydrogen) atoms. The molecule has 10 heteroatoms. The van der Waals surface area contributed by atoms with Crippen molar-refractivity contribution >= 4 is 45.0 Å². The summed E-state index contributed by atoms with van der Waals surface area (Å²) < 4.78 is 26.6. The third-order valence-corrected chi connectivity index (χ3v) is 4.35. The molecule has 0 bridgehead atoms. The van der Waals surface area contributed by atoms with Crippen LogP contribution in [0.15, 0.2) is 35.4 Å². The number of carbonyl (C=O) groups is 1. The molecule has 7 nitrogen and oxygen atoms in total. The highest BCUT2D eigenvalue weighted by atomic mass is 35.5. The molecular weight excluding hydrogens is 341 g/mol. The maximum absolute atomic E-state index is 12.2. The van der Waals surface area contributed by atoms with Crippen LogP contribution in [0.2, 0.25) is 10.3 Å². The number of anilines is 1. The van der Waals surface area contributed by atoms with Crippen molar-refractivity contribution in [1.82, 2.24) is 9.97 Å². The zero-order valence-electron chi connectivity index (χ0n) is 10.1. The van der Waals surface area contributed by atoms with E-state index >= 15 is 0 Å². The lowest BCUT2D eigenvalue weighted by Crippen LogP contribution is -2.15. The first-order valence-corrected chi connectivity index (χ1v) is 7.58. The first-order valence-electron chi connectivity index (χ1n) is 5.34. The molecule has 2 aromatic rings. The fourth-order valence-corrected chi connectivity index (χ4v) is 3.10. The van der Waals surface area contributed by atoms with Crippen molar-refractivity contribution in [2.75, 3.05) is 4.72 Å². The Morgan fingerprint density at radius 2 is 1.95 bits per heavy atom. The Morgan fingerprint density at radius 3 is 2.57 bits per heavy atom. The third kappa shape index (κ3) is 3.60. The van der Waals surface area contributed by atoms with Gasteiger partial charge in [-0.25, -0.2) is 18.2 Å². The van der Waals surface area contributed by atoms with Crippen molar-refractivity contribution in [3.8, 4) is 0 Å². The molecule has 0 aliphatic carbocycles. The van der Waals surface area contributed by atoms with Crippen LogP contribution in [0.5, 0.6) is 0 Å². The highest BCUT2D eigenvalue weighted by molar-refractivity contribution is 7.92. The number of halogens is 2. The van der Waals surface area contributed by atoms with Gasteiger partial charge in [-0.2, -0.15) is 4.98 Å². The summed E-state index contributed by atoms with van der Waals surface area (Å²) in [6.07, 6.45) is 1.27. The van der Waals surface area contributed by atoms with Crippen LogP contribution < -0.4 is 4.72 Å².